The van der Waals surface area contributed by atoms with E-state index in [0.29, 0.717) is 5.56 Å². The van der Waals surface area contributed by atoms with Crippen molar-refractivity contribution in [3.63, 3.8) is 0 Å². The monoisotopic (exact) mass is 328 g/mol. The first-order chi connectivity index (χ1) is 12.2. The summed E-state index contributed by atoms with van der Waals surface area (Å²) in [5, 5.41) is 0. The number of rotatable bonds is 4. The maximum Gasteiger partial charge on any atom is 0.263 e. The molecule has 0 radical (unpaired) electrons. The topological polar surface area (TPSA) is 32.7 Å². The zero-order valence-electron chi connectivity index (χ0n) is 14.4. The minimum Gasteiger partial charge on any atom is -0.268 e. The van der Waals surface area contributed by atoms with Crippen molar-refractivity contribution in [3.8, 4) is 0 Å². The van der Waals surface area contributed by atoms with E-state index >= 15 is 0 Å². The quantitative estimate of drug-likeness (QED) is 0.472. The van der Waals surface area contributed by atoms with Gasteiger partial charge in [-0.1, -0.05) is 54.6 Å². The van der Waals surface area contributed by atoms with Crippen molar-refractivity contribution in [2.45, 2.75) is 13.8 Å². The van der Waals surface area contributed by atoms with Crippen LogP contribution in [0.4, 0.5) is 11.4 Å². The number of carbonyl (C=O) groups is 1. The molecule has 0 saturated carbocycles. The first kappa shape index (κ1) is 16.7. The first-order valence-corrected chi connectivity index (χ1v) is 8.21. The third-order valence-electron chi connectivity index (χ3n) is 4.04. The fraction of sp³-hybridized carbons (Fsp3) is 0.0909. The third-order valence-corrected chi connectivity index (χ3v) is 4.04. The van der Waals surface area contributed by atoms with Gasteiger partial charge in [0.2, 0.25) is 0 Å². The number of hydrogen-bond acceptors (Lipinski definition) is 2. The fourth-order valence-electron chi connectivity index (χ4n) is 2.61. The molecule has 3 rings (SSSR count). The molecular weight excluding hydrogens is 308 g/mol. The van der Waals surface area contributed by atoms with Crippen LogP contribution in [0.25, 0.3) is 0 Å². The van der Waals surface area contributed by atoms with Gasteiger partial charge < -0.3 is 0 Å². The Bertz CT molecular complexity index is 901. The lowest BCUT2D eigenvalue weighted by Gasteiger charge is -2.20. The van der Waals surface area contributed by atoms with E-state index in [2.05, 4.69) is 4.99 Å². The number of amides is 1. The molecule has 3 aromatic carbocycles. The van der Waals surface area contributed by atoms with Crippen LogP contribution in [0.5, 0.6) is 0 Å². The van der Waals surface area contributed by atoms with E-state index in [0.717, 1.165) is 22.5 Å². The van der Waals surface area contributed by atoms with E-state index in [1.54, 1.807) is 11.2 Å². The maximum atomic E-state index is 13.0. The van der Waals surface area contributed by atoms with E-state index in [1.807, 2.05) is 92.7 Å². The van der Waals surface area contributed by atoms with Gasteiger partial charge in [0, 0.05) is 5.56 Å². The minimum atomic E-state index is -0.104. The molecule has 0 spiro atoms. The van der Waals surface area contributed by atoms with Crippen LogP contribution in [0.15, 0.2) is 83.9 Å². The Morgan fingerprint density at radius 2 is 1.40 bits per heavy atom. The molecule has 0 unspecified atom stereocenters. The fourth-order valence-corrected chi connectivity index (χ4v) is 2.61. The Morgan fingerprint density at radius 1 is 0.800 bits per heavy atom. The number of nitrogens with zero attached hydrogens (tertiary/aromatic N) is 2. The van der Waals surface area contributed by atoms with Crippen LogP contribution in [0.3, 0.4) is 0 Å². The van der Waals surface area contributed by atoms with E-state index in [4.69, 9.17) is 0 Å². The minimum absolute atomic E-state index is 0.104. The van der Waals surface area contributed by atoms with Gasteiger partial charge in [-0.05, 0) is 49.2 Å². The van der Waals surface area contributed by atoms with Gasteiger partial charge in [-0.3, -0.25) is 9.69 Å². The summed E-state index contributed by atoms with van der Waals surface area (Å²) in [6.45, 7) is 3.99. The van der Waals surface area contributed by atoms with Crippen LogP contribution in [-0.2, 0) is 0 Å². The number of anilines is 1. The third kappa shape index (κ3) is 3.83. The number of aliphatic imine (C=N–C) groups is 1. The number of para-hydroxylation sites is 2. The Hall–Kier alpha value is -3.20. The van der Waals surface area contributed by atoms with Crippen LogP contribution in [0.1, 0.15) is 21.5 Å². The van der Waals surface area contributed by atoms with Crippen LogP contribution >= 0.6 is 0 Å². The summed E-state index contributed by atoms with van der Waals surface area (Å²) in [6.07, 6.45) is 1.61. The molecule has 0 bridgehead atoms. The van der Waals surface area contributed by atoms with Gasteiger partial charge in [0.05, 0.1) is 11.4 Å². The molecule has 3 heteroatoms. The highest BCUT2D eigenvalue weighted by atomic mass is 16.2. The van der Waals surface area contributed by atoms with Crippen molar-refractivity contribution < 1.29 is 4.79 Å². The molecule has 0 aliphatic carbocycles. The Kier molecular flexibility index (Phi) is 5.05. The molecule has 0 fully saturated rings. The average molecular weight is 328 g/mol. The number of aryl methyl sites for hydroxylation is 2. The lowest BCUT2D eigenvalue weighted by molar-refractivity contribution is 0.100. The average Bonchev–Trinajstić information content (AvgIpc) is 2.65. The van der Waals surface area contributed by atoms with Crippen LogP contribution in [-0.4, -0.2) is 12.2 Å². The zero-order valence-corrected chi connectivity index (χ0v) is 14.4. The summed E-state index contributed by atoms with van der Waals surface area (Å²) >= 11 is 0. The summed E-state index contributed by atoms with van der Waals surface area (Å²) in [5.74, 6) is -0.104. The summed E-state index contributed by atoms with van der Waals surface area (Å²) in [5.41, 5.74) is 4.39. The molecule has 0 aliphatic rings. The Morgan fingerprint density at radius 3 is 2.08 bits per heavy atom. The lowest BCUT2D eigenvalue weighted by atomic mass is 10.1. The number of carbonyl (C=O) groups excluding carboxylic acids is 1. The van der Waals surface area contributed by atoms with Crippen molar-refractivity contribution in [2.75, 3.05) is 4.90 Å². The summed E-state index contributed by atoms with van der Waals surface area (Å²) in [7, 11) is 0. The first-order valence-electron chi connectivity index (χ1n) is 8.21. The van der Waals surface area contributed by atoms with Crippen LogP contribution in [0, 0.1) is 13.8 Å². The van der Waals surface area contributed by atoms with Gasteiger partial charge >= 0.3 is 0 Å². The van der Waals surface area contributed by atoms with Crippen molar-refractivity contribution >= 4 is 23.6 Å². The van der Waals surface area contributed by atoms with Crippen LogP contribution in [0.2, 0.25) is 0 Å². The van der Waals surface area contributed by atoms with E-state index in [-0.39, 0.29) is 5.91 Å². The second-order valence-corrected chi connectivity index (χ2v) is 5.86. The van der Waals surface area contributed by atoms with Gasteiger partial charge in [0.15, 0.2) is 0 Å². The summed E-state index contributed by atoms with van der Waals surface area (Å²) < 4.78 is 0. The summed E-state index contributed by atoms with van der Waals surface area (Å²) in [4.78, 5) is 19.2. The van der Waals surface area contributed by atoms with Crippen molar-refractivity contribution in [1.29, 1.82) is 0 Å². The normalized spacial score (nSPS) is 10.8. The SMILES string of the molecule is Cc1ccccc1N=CN(C(=O)c1ccccc1)c1ccccc1C. The van der Waals surface area contributed by atoms with E-state index < -0.39 is 0 Å². The smallest absolute Gasteiger partial charge is 0.263 e. The maximum absolute atomic E-state index is 13.0. The van der Waals surface area contributed by atoms with Gasteiger partial charge in [-0.2, -0.15) is 0 Å². The number of benzene rings is 3. The van der Waals surface area contributed by atoms with Crippen molar-refractivity contribution in [2.24, 2.45) is 4.99 Å². The molecule has 0 saturated heterocycles. The molecular formula is C22H20N2O. The van der Waals surface area contributed by atoms with Gasteiger partial charge in [-0.15, -0.1) is 0 Å². The predicted octanol–water partition coefficient (Wildman–Crippen LogP) is 5.31. The summed E-state index contributed by atoms with van der Waals surface area (Å²) in [6, 6.07) is 24.9. The standard InChI is InChI=1S/C22H20N2O/c1-17-10-6-8-14-20(17)23-16-24(21-15-9-7-11-18(21)2)22(25)19-12-4-3-5-13-19/h3-16H,1-2H3. The van der Waals surface area contributed by atoms with Crippen LogP contribution < -0.4 is 4.90 Å². The Labute approximate surface area is 148 Å². The second-order valence-electron chi connectivity index (χ2n) is 5.86. The van der Waals surface area contributed by atoms with Crippen molar-refractivity contribution in [3.05, 3.63) is 95.6 Å². The molecule has 25 heavy (non-hydrogen) atoms. The predicted molar refractivity (Wildman–Crippen MR) is 104 cm³/mol. The van der Waals surface area contributed by atoms with Gasteiger partial charge in [0.25, 0.3) is 5.91 Å². The number of hydrogen-bond donors (Lipinski definition) is 0. The largest absolute Gasteiger partial charge is 0.268 e. The second kappa shape index (κ2) is 7.58. The van der Waals surface area contributed by atoms with E-state index in [1.165, 1.54) is 0 Å². The lowest BCUT2D eigenvalue weighted by Crippen LogP contribution is -2.30. The highest BCUT2D eigenvalue weighted by Gasteiger charge is 2.17. The highest BCUT2D eigenvalue weighted by molar-refractivity contribution is 6.17. The van der Waals surface area contributed by atoms with E-state index in [9.17, 15) is 4.79 Å². The molecule has 124 valence electrons. The molecule has 3 nitrogen and oxygen atoms in total. The van der Waals surface area contributed by atoms with Crippen molar-refractivity contribution in [1.82, 2.24) is 0 Å². The molecule has 0 N–H and O–H groups in total. The zero-order chi connectivity index (χ0) is 17.6. The molecule has 0 aliphatic heterocycles. The molecule has 0 atom stereocenters. The molecule has 3 aromatic rings. The molecule has 0 aromatic heterocycles. The van der Waals surface area contributed by atoms with Gasteiger partial charge in [-0.25, -0.2) is 4.99 Å². The molecule has 0 heterocycles. The highest BCUT2D eigenvalue weighted by Crippen LogP contribution is 2.22. The Balaban J connectivity index is 2.02. The molecule has 1 amide bonds. The van der Waals surface area contributed by atoms with Gasteiger partial charge in [0.1, 0.15) is 6.34 Å².